The fourth-order valence-electron chi connectivity index (χ4n) is 5.51. The van der Waals surface area contributed by atoms with Gasteiger partial charge < -0.3 is 15.2 Å². The number of unbranched alkanes of at least 4 members (excludes halogenated alkanes) is 1. The lowest BCUT2D eigenvalue weighted by Gasteiger charge is -2.27. The maximum absolute atomic E-state index is 11.1. The zero-order valence-corrected chi connectivity index (χ0v) is 22.3. The normalized spacial score (nSPS) is 23.3. The Balaban J connectivity index is 0.000000363. The van der Waals surface area contributed by atoms with E-state index in [1.807, 2.05) is 11.9 Å². The summed E-state index contributed by atoms with van der Waals surface area (Å²) in [6.45, 7) is 3.56. The Labute approximate surface area is 213 Å². The lowest BCUT2D eigenvalue weighted by molar-refractivity contribution is -0.143. The number of hydrogen-bond acceptors (Lipinski definition) is 5. The molecule has 0 spiro atoms. The van der Waals surface area contributed by atoms with E-state index in [0.717, 1.165) is 69.6 Å². The topological polar surface area (TPSA) is 74.7 Å². The molecule has 1 aliphatic heterocycles. The average molecular weight is 488 g/mol. The first kappa shape index (κ1) is 27.9. The molecule has 6 heteroatoms. The van der Waals surface area contributed by atoms with Crippen LogP contribution in [0.3, 0.4) is 0 Å². The number of anilines is 1. The van der Waals surface area contributed by atoms with Crippen LogP contribution in [0.4, 0.5) is 5.82 Å². The van der Waals surface area contributed by atoms with Crippen molar-refractivity contribution in [1.82, 2.24) is 9.88 Å². The molecule has 3 atom stereocenters. The second-order valence-corrected chi connectivity index (χ2v) is 10.8. The molecular formula is C29H49N3O3. The standard InChI is InChI=1S/C21H33N3O3.C8H16/c1-15(21(25)26)24(2)18-10-11-19(14-18)27-13-4-3-7-17-9-8-16-6-5-12-22-20(16)23-17;1-2-4-6-8-7-5-3-1/h8-9,15,18-19H,3-7,10-14H2,1-2H3,(H,22,23)(H,25,26);1-8H2/t15?,18-,19?;/m0./s1. The van der Waals surface area contributed by atoms with E-state index in [0.29, 0.717) is 6.04 Å². The highest BCUT2D eigenvalue weighted by Gasteiger charge is 2.32. The van der Waals surface area contributed by atoms with Crippen LogP contribution < -0.4 is 5.32 Å². The molecule has 35 heavy (non-hydrogen) atoms. The molecule has 2 heterocycles. The number of fused-ring (bicyclic) bond motifs is 1. The van der Waals surface area contributed by atoms with Crippen molar-refractivity contribution in [1.29, 1.82) is 0 Å². The van der Waals surface area contributed by atoms with Gasteiger partial charge in [0.1, 0.15) is 11.9 Å². The first-order chi connectivity index (χ1) is 17.0. The zero-order chi connectivity index (χ0) is 24.9. The van der Waals surface area contributed by atoms with Gasteiger partial charge in [0.2, 0.25) is 0 Å². The number of pyridine rings is 1. The number of ether oxygens (including phenoxy) is 1. The summed E-state index contributed by atoms with van der Waals surface area (Å²) < 4.78 is 6.05. The first-order valence-electron chi connectivity index (χ1n) is 14.3. The van der Waals surface area contributed by atoms with Crippen molar-refractivity contribution < 1.29 is 14.6 Å². The Kier molecular flexibility index (Phi) is 12.3. The van der Waals surface area contributed by atoms with E-state index in [1.54, 1.807) is 6.92 Å². The van der Waals surface area contributed by atoms with Crippen LogP contribution in [0.25, 0.3) is 0 Å². The number of aromatic nitrogens is 1. The van der Waals surface area contributed by atoms with E-state index in [-0.39, 0.29) is 6.10 Å². The maximum atomic E-state index is 11.1. The maximum Gasteiger partial charge on any atom is 0.320 e. The fraction of sp³-hybridized carbons (Fsp3) is 0.793. The van der Waals surface area contributed by atoms with Gasteiger partial charge in [0.15, 0.2) is 0 Å². The number of nitrogens with one attached hydrogen (secondary N) is 1. The van der Waals surface area contributed by atoms with Gasteiger partial charge in [-0.25, -0.2) is 4.98 Å². The molecule has 2 saturated carbocycles. The van der Waals surface area contributed by atoms with Gasteiger partial charge in [0.05, 0.1) is 6.10 Å². The summed E-state index contributed by atoms with van der Waals surface area (Å²) in [6, 6.07) is 4.25. The monoisotopic (exact) mass is 487 g/mol. The minimum Gasteiger partial charge on any atom is -0.480 e. The van der Waals surface area contributed by atoms with Gasteiger partial charge in [-0.3, -0.25) is 9.69 Å². The number of nitrogens with zero attached hydrogens (tertiary/aromatic N) is 2. The molecule has 0 bridgehead atoms. The third kappa shape index (κ3) is 9.72. The lowest BCUT2D eigenvalue weighted by atomic mass is 10.0. The van der Waals surface area contributed by atoms with E-state index in [2.05, 4.69) is 17.4 Å². The third-order valence-corrected chi connectivity index (χ3v) is 8.03. The van der Waals surface area contributed by atoms with Gasteiger partial charge in [-0.15, -0.1) is 0 Å². The number of carboxylic acids is 1. The molecule has 0 amide bonds. The molecule has 0 saturated heterocycles. The van der Waals surface area contributed by atoms with Crippen molar-refractivity contribution in [3.05, 3.63) is 23.4 Å². The largest absolute Gasteiger partial charge is 0.480 e. The van der Waals surface area contributed by atoms with Gasteiger partial charge in [-0.05, 0) is 77.0 Å². The van der Waals surface area contributed by atoms with E-state index in [4.69, 9.17) is 14.8 Å². The van der Waals surface area contributed by atoms with Crippen molar-refractivity contribution in [2.45, 2.75) is 128 Å². The van der Waals surface area contributed by atoms with Gasteiger partial charge in [0.25, 0.3) is 0 Å². The second kappa shape index (κ2) is 15.5. The Morgan fingerprint density at radius 2 is 1.77 bits per heavy atom. The molecule has 0 radical (unpaired) electrons. The van der Waals surface area contributed by atoms with Gasteiger partial charge in [-0.2, -0.15) is 0 Å². The lowest BCUT2D eigenvalue weighted by Crippen LogP contribution is -2.42. The summed E-state index contributed by atoms with van der Waals surface area (Å²) in [5, 5.41) is 12.5. The molecule has 2 aliphatic carbocycles. The molecule has 1 aromatic heterocycles. The van der Waals surface area contributed by atoms with Crippen LogP contribution in [0.5, 0.6) is 0 Å². The van der Waals surface area contributed by atoms with E-state index in [9.17, 15) is 4.79 Å². The first-order valence-corrected chi connectivity index (χ1v) is 14.3. The minimum atomic E-state index is -0.757. The van der Waals surface area contributed by atoms with E-state index >= 15 is 0 Å². The molecule has 3 aliphatic rings. The predicted octanol–water partition coefficient (Wildman–Crippen LogP) is 6.23. The fourth-order valence-corrected chi connectivity index (χ4v) is 5.51. The zero-order valence-electron chi connectivity index (χ0n) is 22.3. The molecule has 4 rings (SSSR count). The van der Waals surface area contributed by atoms with Crippen LogP contribution >= 0.6 is 0 Å². The number of carboxylic acid groups (broad SMARTS) is 1. The molecule has 198 valence electrons. The third-order valence-electron chi connectivity index (χ3n) is 8.03. The molecular weight excluding hydrogens is 438 g/mol. The molecule has 6 nitrogen and oxygen atoms in total. The summed E-state index contributed by atoms with van der Waals surface area (Å²) in [5.74, 6) is 0.319. The molecule has 2 unspecified atom stereocenters. The second-order valence-electron chi connectivity index (χ2n) is 10.8. The van der Waals surface area contributed by atoms with Gasteiger partial charge >= 0.3 is 5.97 Å². The highest BCUT2D eigenvalue weighted by molar-refractivity contribution is 5.72. The smallest absolute Gasteiger partial charge is 0.320 e. The van der Waals surface area contributed by atoms with Crippen molar-refractivity contribution in [2.24, 2.45) is 0 Å². The Bertz CT molecular complexity index is 733. The summed E-state index contributed by atoms with van der Waals surface area (Å²) in [5.41, 5.74) is 2.50. The highest BCUT2D eigenvalue weighted by atomic mass is 16.5. The SMILES string of the molecule is C1CCCCCCC1.CC(C(=O)O)N(C)[C@H]1CCC(OCCCCc2ccc3c(n2)NCCC3)C1. The van der Waals surface area contributed by atoms with Crippen LogP contribution in [0, 0.1) is 0 Å². The minimum absolute atomic E-state index is 0.268. The van der Waals surface area contributed by atoms with Crippen molar-refractivity contribution in [2.75, 3.05) is 25.5 Å². The van der Waals surface area contributed by atoms with Crippen LogP contribution in [0.2, 0.25) is 0 Å². The Morgan fingerprint density at radius 1 is 1.09 bits per heavy atom. The summed E-state index contributed by atoms with van der Waals surface area (Å²) in [7, 11) is 1.91. The van der Waals surface area contributed by atoms with Crippen LogP contribution in [-0.2, 0) is 22.4 Å². The quantitative estimate of drug-likeness (QED) is 0.403. The predicted molar refractivity (Wildman–Crippen MR) is 143 cm³/mol. The number of rotatable bonds is 9. The Morgan fingerprint density at radius 3 is 2.43 bits per heavy atom. The molecule has 0 aromatic carbocycles. The average Bonchev–Trinajstić information content (AvgIpc) is 3.31. The van der Waals surface area contributed by atoms with Crippen LogP contribution in [0.15, 0.2) is 12.1 Å². The summed E-state index contributed by atoms with van der Waals surface area (Å²) >= 11 is 0. The summed E-state index contributed by atoms with van der Waals surface area (Å²) in [6.07, 6.45) is 20.7. The Hall–Kier alpha value is -1.66. The molecule has 1 aromatic rings. The van der Waals surface area contributed by atoms with Crippen molar-refractivity contribution >= 4 is 11.8 Å². The molecule has 2 fully saturated rings. The number of hydrogen-bond donors (Lipinski definition) is 2. The summed E-state index contributed by atoms with van der Waals surface area (Å²) in [4.78, 5) is 17.9. The molecule has 2 N–H and O–H groups in total. The van der Waals surface area contributed by atoms with E-state index < -0.39 is 12.0 Å². The van der Waals surface area contributed by atoms with Gasteiger partial charge in [-0.1, -0.05) is 57.4 Å². The number of aryl methyl sites for hydroxylation is 2. The van der Waals surface area contributed by atoms with Crippen molar-refractivity contribution in [3.8, 4) is 0 Å². The number of aliphatic carboxylic acids is 1. The van der Waals surface area contributed by atoms with Crippen LogP contribution in [-0.4, -0.2) is 59.3 Å². The van der Waals surface area contributed by atoms with Crippen LogP contribution in [0.1, 0.15) is 108 Å². The number of carbonyl (C=O) groups is 1. The van der Waals surface area contributed by atoms with Gasteiger partial charge in [0, 0.05) is 24.9 Å². The highest BCUT2D eigenvalue weighted by Crippen LogP contribution is 2.27. The van der Waals surface area contributed by atoms with Crippen molar-refractivity contribution in [3.63, 3.8) is 0 Å². The van der Waals surface area contributed by atoms with E-state index in [1.165, 1.54) is 63.4 Å². The number of likely N-dealkylation sites (N-methyl/N-ethyl adjacent to an activating group) is 1.